The molecule has 0 saturated carbocycles. The molecule has 1 aliphatic rings. The highest BCUT2D eigenvalue weighted by atomic mass is 31.3. The summed E-state index contributed by atoms with van der Waals surface area (Å²) < 4.78 is 56.7. The number of anilines is 1. The van der Waals surface area contributed by atoms with Crippen LogP contribution in [0.5, 0.6) is 0 Å². The van der Waals surface area contributed by atoms with Gasteiger partial charge in [0, 0.05) is 19.0 Å². The van der Waals surface area contributed by atoms with Crippen molar-refractivity contribution in [3.05, 3.63) is 71.4 Å². The summed E-state index contributed by atoms with van der Waals surface area (Å²) in [6.07, 6.45) is 30.5. The van der Waals surface area contributed by atoms with Crippen molar-refractivity contribution in [2.24, 2.45) is 5.92 Å². The molecule has 8 atom stereocenters. The van der Waals surface area contributed by atoms with Gasteiger partial charge in [-0.05, 0) is 76.7 Å². The van der Waals surface area contributed by atoms with E-state index in [1.54, 1.807) is 6.92 Å². The number of aromatic nitrogens is 2. The van der Waals surface area contributed by atoms with Crippen LogP contribution >= 0.6 is 15.6 Å². The number of carbonyl (C=O) groups excluding carboxylic acids is 2. The van der Waals surface area contributed by atoms with Crippen LogP contribution < -0.4 is 11.4 Å². The average Bonchev–Trinajstić information content (AvgIpc) is 3.58. The van der Waals surface area contributed by atoms with Gasteiger partial charge in [-0.15, -0.1) is 0 Å². The van der Waals surface area contributed by atoms with Crippen LogP contribution in [0.25, 0.3) is 0 Å². The Bertz CT molecular complexity index is 1910. The van der Waals surface area contributed by atoms with E-state index in [1.165, 1.54) is 57.4 Å². The summed E-state index contributed by atoms with van der Waals surface area (Å²) in [6.45, 7) is 3.95. The largest absolute Gasteiger partial charge is 0.481 e. The van der Waals surface area contributed by atoms with Gasteiger partial charge in [0.1, 0.15) is 30.7 Å². The lowest BCUT2D eigenvalue weighted by atomic mass is 10.0. The highest BCUT2D eigenvalue weighted by molar-refractivity contribution is 7.61. The number of phosphoric ester groups is 2. The molecule has 71 heavy (non-hydrogen) atoms. The van der Waals surface area contributed by atoms with E-state index in [2.05, 4.69) is 59.6 Å². The van der Waals surface area contributed by atoms with Gasteiger partial charge in [0.25, 0.3) is 0 Å². The van der Waals surface area contributed by atoms with Gasteiger partial charge in [0.2, 0.25) is 0 Å². The Hall–Kier alpha value is -3.32. The maximum Gasteiger partial charge on any atom is 0.481 e. The Balaban J connectivity index is 1.82. The Morgan fingerprint density at radius 2 is 1.24 bits per heavy atom. The summed E-state index contributed by atoms with van der Waals surface area (Å²) in [5.74, 6) is -0.614. The molecule has 21 heteroatoms. The topological polar surface area (TPSA) is 286 Å². The molecule has 0 aromatic carbocycles. The first kappa shape index (κ1) is 63.8. The van der Waals surface area contributed by atoms with Crippen LogP contribution in [0.2, 0.25) is 0 Å². The van der Waals surface area contributed by atoms with Crippen molar-refractivity contribution >= 4 is 33.4 Å². The van der Waals surface area contributed by atoms with E-state index in [9.17, 15) is 48.6 Å². The van der Waals surface area contributed by atoms with Gasteiger partial charge in [0.15, 0.2) is 12.3 Å². The number of allylic oxidation sites excluding steroid dienone is 8. The number of hydrogen-bond acceptors (Lipinski definition) is 16. The van der Waals surface area contributed by atoms with Gasteiger partial charge < -0.3 is 45.1 Å². The minimum absolute atomic E-state index is 0.0327. The molecule has 406 valence electrons. The van der Waals surface area contributed by atoms with Crippen LogP contribution in [0.15, 0.2) is 65.7 Å². The molecule has 0 radical (unpaired) electrons. The third kappa shape index (κ3) is 31.8. The van der Waals surface area contributed by atoms with Crippen molar-refractivity contribution in [1.82, 2.24) is 9.55 Å². The third-order valence-corrected chi connectivity index (χ3v) is 14.0. The number of phosphoric acid groups is 2. The molecule has 0 bridgehead atoms. The molecule has 2 heterocycles. The monoisotopic (exact) mass is 1050 g/mol. The second-order valence-electron chi connectivity index (χ2n) is 18.4. The van der Waals surface area contributed by atoms with Gasteiger partial charge in [-0.3, -0.25) is 23.2 Å². The first-order chi connectivity index (χ1) is 33.9. The van der Waals surface area contributed by atoms with Crippen molar-refractivity contribution in [3.8, 4) is 0 Å². The Morgan fingerprint density at radius 1 is 0.718 bits per heavy atom. The number of carbonyl (C=O) groups is 2. The maximum atomic E-state index is 12.9. The standard InChI is InChI=1S/C50H85N3O16P2/c1-40(2)31-27-23-19-15-11-9-10-14-18-22-26-30-34-46(56)67-42(37-64-45(55)33-29-25-21-17-13-8-6-4-5-7-12-16-20-24-28-32-41(3)54)38-65-70(60,61)69-71(62,63)66-39-43-47(57)48(58)49(68-43)53-36-35-44(51)52-50(53)59/h5-8,16-17,20-21,35-36,40-43,47-49,54,57-58H,4,9-15,18-19,22-34,37-39H2,1-3H3,(H,60,61)(H,62,63)(H2,51,52,59)/b7-5-,8-6-,20-16-,21-17-/t41-,42-,43-,47-,48-,49-/m1/s1. The van der Waals surface area contributed by atoms with Crippen LogP contribution in [0.4, 0.5) is 5.82 Å². The summed E-state index contributed by atoms with van der Waals surface area (Å²) in [5.41, 5.74) is 4.58. The molecule has 0 spiro atoms. The number of aliphatic hydroxyl groups excluding tert-OH is 3. The van der Waals surface area contributed by atoms with Gasteiger partial charge >= 0.3 is 33.3 Å². The number of esters is 2. The van der Waals surface area contributed by atoms with Crippen LogP contribution in [0, 0.1) is 5.92 Å². The summed E-state index contributed by atoms with van der Waals surface area (Å²) in [4.78, 5) is 61.9. The molecule has 2 unspecified atom stereocenters. The molecule has 0 amide bonds. The number of nitrogens with two attached hydrogens (primary N) is 1. The highest BCUT2D eigenvalue weighted by Crippen LogP contribution is 2.60. The lowest BCUT2D eigenvalue weighted by molar-refractivity contribution is -0.161. The van der Waals surface area contributed by atoms with E-state index in [1.807, 2.05) is 12.2 Å². The van der Waals surface area contributed by atoms with E-state index < -0.39 is 83.7 Å². The molecule has 1 saturated heterocycles. The predicted molar refractivity (Wildman–Crippen MR) is 272 cm³/mol. The van der Waals surface area contributed by atoms with E-state index >= 15 is 0 Å². The average molecular weight is 1050 g/mol. The fraction of sp³-hybridized carbons (Fsp3) is 0.720. The summed E-state index contributed by atoms with van der Waals surface area (Å²) in [6, 6.07) is 1.24. The molecular formula is C50H85N3O16P2. The van der Waals surface area contributed by atoms with Crippen molar-refractivity contribution in [2.75, 3.05) is 25.6 Å². The van der Waals surface area contributed by atoms with Gasteiger partial charge in [0.05, 0.1) is 19.3 Å². The fourth-order valence-corrected chi connectivity index (χ4v) is 9.50. The Kier molecular flexibility index (Phi) is 33.6. The Labute approximate surface area is 421 Å². The number of aliphatic hydroxyl groups is 3. The van der Waals surface area contributed by atoms with Gasteiger partial charge in [-0.1, -0.05) is 140 Å². The first-order valence-corrected chi connectivity index (χ1v) is 28.5. The quantitative estimate of drug-likeness (QED) is 0.0154. The smallest absolute Gasteiger partial charge is 0.462 e. The van der Waals surface area contributed by atoms with E-state index in [4.69, 9.17) is 29.0 Å². The summed E-state index contributed by atoms with van der Waals surface area (Å²) in [5, 5.41) is 30.2. The maximum absolute atomic E-state index is 12.9. The van der Waals surface area contributed by atoms with Gasteiger partial charge in [-0.2, -0.15) is 9.29 Å². The van der Waals surface area contributed by atoms with Crippen molar-refractivity contribution in [1.29, 1.82) is 0 Å². The molecule has 7 N–H and O–H groups in total. The SMILES string of the molecule is CC(C)CCCCCCCCCCCCCCC(=O)O[C@H](COC(=O)CCC/C=C\C/C=C\C/C=C\C/C=C\CCC[C@@H](C)O)COP(=O)(O)OP(=O)(O)OC[C@H]1O[C@@H](n2ccc(N)nc2=O)[C@H](O)[C@@H]1O. The number of ether oxygens (including phenoxy) is 3. The number of hydrogen-bond donors (Lipinski definition) is 6. The zero-order valence-corrected chi connectivity index (χ0v) is 44.1. The number of nitrogen functional groups attached to an aromatic ring is 1. The molecule has 1 aromatic heterocycles. The van der Waals surface area contributed by atoms with Crippen molar-refractivity contribution < 1.29 is 71.4 Å². The van der Waals surface area contributed by atoms with Gasteiger partial charge in [-0.25, -0.2) is 13.9 Å². The van der Waals surface area contributed by atoms with Crippen LogP contribution in [0.3, 0.4) is 0 Å². The molecule has 19 nitrogen and oxygen atoms in total. The highest BCUT2D eigenvalue weighted by Gasteiger charge is 2.46. The fourth-order valence-electron chi connectivity index (χ4n) is 7.39. The first-order valence-electron chi connectivity index (χ1n) is 25.5. The number of rotatable bonds is 41. The second kappa shape index (κ2) is 37.4. The number of nitrogens with zero attached hydrogens (tertiary/aromatic N) is 2. The van der Waals surface area contributed by atoms with E-state index in [-0.39, 0.29) is 24.8 Å². The van der Waals surface area contributed by atoms with E-state index in [0.29, 0.717) is 19.3 Å². The second-order valence-corrected chi connectivity index (χ2v) is 21.5. The molecule has 0 aliphatic carbocycles. The minimum Gasteiger partial charge on any atom is -0.462 e. The molecule has 1 aliphatic heterocycles. The molecule has 1 aromatic rings. The summed E-state index contributed by atoms with van der Waals surface area (Å²) in [7, 11) is -10.9. The lowest BCUT2D eigenvalue weighted by Gasteiger charge is -2.21. The summed E-state index contributed by atoms with van der Waals surface area (Å²) >= 11 is 0. The predicted octanol–water partition coefficient (Wildman–Crippen LogP) is 9.38. The Morgan fingerprint density at radius 3 is 1.80 bits per heavy atom. The third-order valence-electron chi connectivity index (χ3n) is 11.4. The zero-order chi connectivity index (χ0) is 52.3. The molecular weight excluding hydrogens is 961 g/mol. The van der Waals surface area contributed by atoms with E-state index in [0.717, 1.165) is 80.9 Å². The normalized spacial score (nSPS) is 20.1. The van der Waals surface area contributed by atoms with Crippen LogP contribution in [-0.4, -0.2) is 96.9 Å². The zero-order valence-electron chi connectivity index (χ0n) is 42.3. The van der Waals surface area contributed by atoms with Crippen molar-refractivity contribution in [2.45, 2.75) is 205 Å². The molecule has 2 rings (SSSR count). The van der Waals surface area contributed by atoms with Crippen LogP contribution in [0.1, 0.15) is 175 Å². The molecule has 1 fully saturated rings. The lowest BCUT2D eigenvalue weighted by Crippen LogP contribution is -2.36. The minimum atomic E-state index is -5.44. The van der Waals surface area contributed by atoms with Crippen molar-refractivity contribution in [3.63, 3.8) is 0 Å². The van der Waals surface area contributed by atoms with Crippen LogP contribution in [-0.2, 0) is 46.3 Å². The number of unbranched alkanes of at least 4 members (excludes halogenated alkanes) is 13.